The molecule has 0 bridgehead atoms. The van der Waals surface area contributed by atoms with E-state index in [1.165, 1.54) is 32.9 Å². The number of amidine groups is 1. The van der Waals surface area contributed by atoms with Gasteiger partial charge in [-0.2, -0.15) is 15.5 Å². The van der Waals surface area contributed by atoms with Crippen LogP contribution in [0.15, 0.2) is 90.5 Å². The molecule has 4 rings (SSSR count). The van der Waals surface area contributed by atoms with E-state index in [9.17, 15) is 10.1 Å². The van der Waals surface area contributed by atoms with E-state index >= 15 is 0 Å². The number of aliphatic imine (C=N–C) groups is 1. The third-order valence-electron chi connectivity index (χ3n) is 5.84. The van der Waals surface area contributed by atoms with E-state index in [1.807, 2.05) is 18.0 Å². The molecule has 12 nitrogen and oxygen atoms in total. The van der Waals surface area contributed by atoms with Gasteiger partial charge >= 0.3 is 5.97 Å². The molecule has 2 aromatic carbocycles. The normalized spacial score (nSPS) is 10.7. The van der Waals surface area contributed by atoms with E-state index in [0.29, 0.717) is 40.2 Å². The number of methoxy groups -OCH3 is 2. The molecule has 45 heavy (non-hydrogen) atoms. The molecule has 0 N–H and O–H groups in total. The number of benzene rings is 2. The third kappa shape index (κ3) is 10.1. The zero-order valence-electron chi connectivity index (χ0n) is 24.8. The highest BCUT2D eigenvalue weighted by atomic mass is 35.5. The van der Waals surface area contributed by atoms with Crippen molar-refractivity contribution in [2.45, 2.75) is 13.5 Å². The average Bonchev–Trinajstić information content (AvgIpc) is 3.05. The second-order valence-electron chi connectivity index (χ2n) is 8.87. The van der Waals surface area contributed by atoms with Crippen LogP contribution in [0.25, 0.3) is 5.57 Å². The molecule has 0 radical (unpaired) electrons. The summed E-state index contributed by atoms with van der Waals surface area (Å²) < 4.78 is 21.4. The fourth-order valence-corrected chi connectivity index (χ4v) is 3.69. The van der Waals surface area contributed by atoms with Gasteiger partial charge in [0.05, 0.1) is 32.1 Å². The predicted octanol–water partition coefficient (Wildman–Crippen LogP) is 6.16. The Morgan fingerprint density at radius 2 is 1.64 bits per heavy atom. The SMILES string of the molecule is CC(=NC#N)N(C)Cc1ccc(Cl)nc1.CO/C=C(/C(=O)OC)c1ccccc1Oc1cc(Oc2ccccc2C#N)ncn1. The number of nitriles is 2. The number of rotatable bonds is 9. The van der Waals surface area contributed by atoms with Crippen LogP contribution in [0, 0.1) is 22.8 Å². The van der Waals surface area contributed by atoms with Crippen LogP contribution in [0.2, 0.25) is 5.15 Å². The molecule has 0 fully saturated rings. The fourth-order valence-electron chi connectivity index (χ4n) is 3.58. The number of ether oxygens (including phenoxy) is 4. The van der Waals surface area contributed by atoms with Crippen LogP contribution in [0.3, 0.4) is 0 Å². The maximum absolute atomic E-state index is 12.1. The van der Waals surface area contributed by atoms with Gasteiger partial charge in [0.1, 0.15) is 40.5 Å². The Balaban J connectivity index is 0.000000309. The minimum Gasteiger partial charge on any atom is -0.503 e. The van der Waals surface area contributed by atoms with Gasteiger partial charge in [-0.05, 0) is 36.8 Å². The summed E-state index contributed by atoms with van der Waals surface area (Å²) in [5, 5.41) is 18.1. The number of carbonyl (C=O) groups is 1. The van der Waals surface area contributed by atoms with Gasteiger partial charge in [0.15, 0.2) is 0 Å². The van der Waals surface area contributed by atoms with Gasteiger partial charge in [0.2, 0.25) is 18.0 Å². The number of halogens is 1. The summed E-state index contributed by atoms with van der Waals surface area (Å²) in [7, 11) is 4.58. The Kier molecular flexibility index (Phi) is 12.8. The molecule has 0 saturated carbocycles. The summed E-state index contributed by atoms with van der Waals surface area (Å²) in [6, 6.07) is 20.8. The number of para-hydroxylation sites is 2. The van der Waals surface area contributed by atoms with E-state index in [4.69, 9.17) is 35.8 Å². The van der Waals surface area contributed by atoms with Crippen molar-refractivity contribution in [2.75, 3.05) is 21.3 Å². The summed E-state index contributed by atoms with van der Waals surface area (Å²) >= 11 is 5.67. The number of carbonyl (C=O) groups excluding carboxylic acids is 1. The number of aromatic nitrogens is 3. The highest BCUT2D eigenvalue weighted by Crippen LogP contribution is 2.32. The minimum atomic E-state index is -0.576. The van der Waals surface area contributed by atoms with E-state index in [0.717, 1.165) is 5.56 Å². The molecule has 0 saturated heterocycles. The Labute approximate surface area is 265 Å². The number of esters is 1. The Hall–Kier alpha value is -5.98. The van der Waals surface area contributed by atoms with Crippen molar-refractivity contribution in [3.63, 3.8) is 0 Å². The predicted molar refractivity (Wildman–Crippen MR) is 166 cm³/mol. The Bertz CT molecular complexity index is 1750. The molecular formula is C32H28ClN7O5. The monoisotopic (exact) mass is 625 g/mol. The third-order valence-corrected chi connectivity index (χ3v) is 6.07. The summed E-state index contributed by atoms with van der Waals surface area (Å²) in [6.45, 7) is 2.44. The minimum absolute atomic E-state index is 0.184. The topological polar surface area (TPSA) is 156 Å². The van der Waals surface area contributed by atoms with Crippen LogP contribution in [-0.4, -0.2) is 52.9 Å². The van der Waals surface area contributed by atoms with E-state index in [2.05, 4.69) is 26.0 Å². The van der Waals surface area contributed by atoms with Crippen molar-refractivity contribution in [2.24, 2.45) is 4.99 Å². The zero-order valence-corrected chi connectivity index (χ0v) is 25.6. The van der Waals surface area contributed by atoms with Crippen LogP contribution < -0.4 is 9.47 Å². The number of hydrogen-bond donors (Lipinski definition) is 0. The molecule has 228 valence electrons. The molecule has 0 aliphatic carbocycles. The summed E-state index contributed by atoms with van der Waals surface area (Å²) in [6.07, 6.45) is 6.01. The maximum atomic E-state index is 12.1. The zero-order chi connectivity index (χ0) is 32.6. The van der Waals surface area contributed by atoms with Crippen molar-refractivity contribution >= 4 is 29.0 Å². The fraction of sp³-hybridized carbons (Fsp3) is 0.156. The van der Waals surface area contributed by atoms with Gasteiger partial charge in [-0.15, -0.1) is 0 Å². The summed E-state index contributed by atoms with van der Waals surface area (Å²) in [4.78, 5) is 29.7. The lowest BCUT2D eigenvalue weighted by Crippen LogP contribution is -2.23. The van der Waals surface area contributed by atoms with Crippen molar-refractivity contribution in [1.82, 2.24) is 19.9 Å². The van der Waals surface area contributed by atoms with E-state index < -0.39 is 5.97 Å². The van der Waals surface area contributed by atoms with Crippen molar-refractivity contribution in [3.05, 3.63) is 107 Å². The lowest BCUT2D eigenvalue weighted by Gasteiger charge is -2.17. The van der Waals surface area contributed by atoms with Crippen LogP contribution in [0.5, 0.6) is 23.3 Å². The van der Waals surface area contributed by atoms with Crippen molar-refractivity contribution in [1.29, 1.82) is 10.5 Å². The smallest absolute Gasteiger partial charge is 0.341 e. The molecule has 0 aliphatic rings. The molecule has 0 aliphatic heterocycles. The summed E-state index contributed by atoms with van der Waals surface area (Å²) in [5.41, 5.74) is 2.04. The summed E-state index contributed by atoms with van der Waals surface area (Å²) in [5.74, 6) is 1.19. The largest absolute Gasteiger partial charge is 0.503 e. The second kappa shape index (κ2) is 17.2. The maximum Gasteiger partial charge on any atom is 0.341 e. The number of hydrogen-bond acceptors (Lipinski definition) is 11. The molecule has 0 atom stereocenters. The lowest BCUT2D eigenvalue weighted by molar-refractivity contribution is -0.133. The molecule has 13 heteroatoms. The van der Waals surface area contributed by atoms with Crippen LogP contribution in [-0.2, 0) is 20.8 Å². The first-order valence-electron chi connectivity index (χ1n) is 13.1. The van der Waals surface area contributed by atoms with Gasteiger partial charge in [-0.3, -0.25) is 0 Å². The molecule has 2 aromatic heterocycles. The first kappa shape index (κ1) is 33.5. The number of nitrogens with zero attached hydrogens (tertiary/aromatic N) is 7. The van der Waals surface area contributed by atoms with Crippen molar-refractivity contribution in [3.8, 4) is 35.5 Å². The first-order chi connectivity index (χ1) is 21.8. The molecule has 0 spiro atoms. The lowest BCUT2D eigenvalue weighted by atomic mass is 10.1. The second-order valence-corrected chi connectivity index (χ2v) is 9.25. The Morgan fingerprint density at radius 1 is 0.978 bits per heavy atom. The Morgan fingerprint density at radius 3 is 2.27 bits per heavy atom. The van der Waals surface area contributed by atoms with Gasteiger partial charge < -0.3 is 23.8 Å². The molecular weight excluding hydrogens is 598 g/mol. The number of pyridine rings is 1. The first-order valence-corrected chi connectivity index (χ1v) is 13.5. The molecule has 4 aromatic rings. The van der Waals surface area contributed by atoms with Crippen molar-refractivity contribution < 1.29 is 23.7 Å². The van der Waals surface area contributed by atoms with Crippen LogP contribution in [0.4, 0.5) is 0 Å². The van der Waals surface area contributed by atoms with Crippen LogP contribution in [0.1, 0.15) is 23.6 Å². The van der Waals surface area contributed by atoms with Gasteiger partial charge in [-0.1, -0.05) is 48.0 Å². The highest BCUT2D eigenvalue weighted by molar-refractivity contribution is 6.29. The van der Waals surface area contributed by atoms with E-state index in [-0.39, 0.29) is 17.3 Å². The average molecular weight is 626 g/mol. The highest BCUT2D eigenvalue weighted by Gasteiger charge is 2.18. The standard InChI is InChI=1S/C22H17N3O5.C10H11ClN4/c1-27-13-17(22(26)28-2)16-8-4-6-10-19(16)30-21-11-20(24-14-25-21)29-18-9-5-3-7-15(18)12-23;1-8(14-7-12)15(2)6-9-3-4-10(11)13-5-9/h3-11,13-14H,1-2H3;3-5H,6H2,1-2H3/b17-13+;. The van der Waals surface area contributed by atoms with Gasteiger partial charge in [-0.25, -0.2) is 19.7 Å². The van der Waals surface area contributed by atoms with Crippen LogP contribution >= 0.6 is 11.6 Å². The molecule has 0 amide bonds. The van der Waals surface area contributed by atoms with Gasteiger partial charge in [0.25, 0.3) is 0 Å². The quantitative estimate of drug-likeness (QED) is 0.0399. The van der Waals surface area contributed by atoms with E-state index in [1.54, 1.807) is 73.9 Å². The van der Waals surface area contributed by atoms with Gasteiger partial charge in [0, 0.05) is 25.4 Å². The molecule has 2 heterocycles. The molecule has 0 unspecified atom stereocenters.